The largest absolute Gasteiger partial charge is 0.390 e. The highest BCUT2D eigenvalue weighted by Gasteiger charge is 2.19. The van der Waals surface area contributed by atoms with Crippen LogP contribution in [0.5, 0.6) is 0 Å². The quantitative estimate of drug-likeness (QED) is 0.794. The van der Waals surface area contributed by atoms with Crippen LogP contribution in [0, 0.1) is 6.92 Å². The lowest BCUT2D eigenvalue weighted by molar-refractivity contribution is 0.0708. The first-order valence-electron chi connectivity index (χ1n) is 10.9. The molecule has 0 bridgehead atoms. The monoisotopic (exact) mass is 408 g/mol. The van der Waals surface area contributed by atoms with Gasteiger partial charge in [0.1, 0.15) is 11.6 Å². The third-order valence-electron chi connectivity index (χ3n) is 5.75. The van der Waals surface area contributed by atoms with E-state index in [2.05, 4.69) is 36.1 Å². The predicted molar refractivity (Wildman–Crippen MR) is 119 cm³/mol. The second-order valence-electron chi connectivity index (χ2n) is 8.97. The number of ether oxygens (including phenoxy) is 1. The lowest BCUT2D eigenvalue weighted by Gasteiger charge is -2.28. The number of fused-ring (bicyclic) bond motifs is 1. The first kappa shape index (κ1) is 20.9. The highest BCUT2D eigenvalue weighted by Crippen LogP contribution is 2.24. The molecule has 0 atom stereocenters. The van der Waals surface area contributed by atoms with Crippen LogP contribution in [-0.2, 0) is 24.1 Å². The number of nitrogens with zero attached hydrogens (tertiary/aromatic N) is 4. The van der Waals surface area contributed by atoms with E-state index in [-0.39, 0.29) is 0 Å². The molecule has 1 fully saturated rings. The van der Waals surface area contributed by atoms with E-state index in [0.717, 1.165) is 56.5 Å². The van der Waals surface area contributed by atoms with Crippen LogP contribution in [0.1, 0.15) is 54.9 Å². The minimum Gasteiger partial charge on any atom is -0.390 e. The van der Waals surface area contributed by atoms with Crippen LogP contribution in [-0.4, -0.2) is 52.7 Å². The summed E-state index contributed by atoms with van der Waals surface area (Å²) in [5.74, 6) is 1.72. The van der Waals surface area contributed by atoms with Crippen molar-refractivity contribution in [3.63, 3.8) is 0 Å². The molecule has 0 amide bonds. The van der Waals surface area contributed by atoms with Gasteiger partial charge >= 0.3 is 0 Å². The highest BCUT2D eigenvalue weighted by molar-refractivity contribution is 6.04. The van der Waals surface area contributed by atoms with Gasteiger partial charge in [-0.05, 0) is 57.2 Å². The van der Waals surface area contributed by atoms with E-state index in [0.29, 0.717) is 19.4 Å². The number of aryl methyl sites for hydroxylation is 3. The second-order valence-corrected chi connectivity index (χ2v) is 8.97. The number of hydrogen-bond acceptors (Lipinski definition) is 6. The maximum atomic E-state index is 10.1. The van der Waals surface area contributed by atoms with E-state index in [1.807, 2.05) is 13.8 Å². The maximum Gasteiger partial charge on any atom is 0.132 e. The summed E-state index contributed by atoms with van der Waals surface area (Å²) in [6.45, 7) is 9.44. The Balaban J connectivity index is 1.58. The number of aliphatic hydroxyl groups is 1. The van der Waals surface area contributed by atoms with Crippen molar-refractivity contribution in [2.24, 2.45) is 4.99 Å². The molecule has 2 aliphatic rings. The van der Waals surface area contributed by atoms with Crippen molar-refractivity contribution in [2.45, 2.75) is 58.6 Å². The summed E-state index contributed by atoms with van der Waals surface area (Å²) in [4.78, 5) is 16.8. The molecule has 1 aliphatic carbocycles. The molecule has 4 rings (SSSR count). The van der Waals surface area contributed by atoms with E-state index in [1.165, 1.54) is 22.4 Å². The fourth-order valence-electron chi connectivity index (χ4n) is 4.01. The topological polar surface area (TPSA) is 70.8 Å². The number of benzene rings is 1. The third kappa shape index (κ3) is 5.24. The average molecular weight is 409 g/mol. The summed E-state index contributed by atoms with van der Waals surface area (Å²) in [7, 11) is 0. The molecule has 160 valence electrons. The molecule has 1 aliphatic heterocycles. The molecule has 1 saturated heterocycles. The lowest BCUT2D eigenvalue weighted by Crippen LogP contribution is -2.37. The van der Waals surface area contributed by atoms with Gasteiger partial charge < -0.3 is 14.7 Å². The first-order valence-corrected chi connectivity index (χ1v) is 10.9. The predicted octanol–water partition coefficient (Wildman–Crippen LogP) is 3.26. The Morgan fingerprint density at radius 3 is 2.70 bits per heavy atom. The number of morpholine rings is 1. The first-order chi connectivity index (χ1) is 14.4. The van der Waals surface area contributed by atoms with Gasteiger partial charge in [-0.15, -0.1) is 0 Å². The van der Waals surface area contributed by atoms with Crippen molar-refractivity contribution >= 4 is 11.5 Å². The van der Waals surface area contributed by atoms with Crippen LogP contribution in [0.3, 0.4) is 0 Å². The Morgan fingerprint density at radius 1 is 1.13 bits per heavy atom. The SMILES string of the molecule is Cc1ccc2c(c1)C(=NCc1cc(N3CCOCC3)nc(CCC(C)(C)O)n1)CC2. The highest BCUT2D eigenvalue weighted by atomic mass is 16.5. The maximum absolute atomic E-state index is 10.1. The van der Waals surface area contributed by atoms with Gasteiger partial charge in [-0.3, -0.25) is 4.99 Å². The zero-order valence-electron chi connectivity index (χ0n) is 18.3. The molecular weight excluding hydrogens is 376 g/mol. The molecule has 0 radical (unpaired) electrons. The van der Waals surface area contributed by atoms with Crippen LogP contribution in [0.2, 0.25) is 0 Å². The molecule has 30 heavy (non-hydrogen) atoms. The van der Waals surface area contributed by atoms with Gasteiger partial charge in [0, 0.05) is 31.3 Å². The average Bonchev–Trinajstić information content (AvgIpc) is 3.13. The number of rotatable bonds is 6. The van der Waals surface area contributed by atoms with Crippen molar-refractivity contribution in [3.8, 4) is 0 Å². The zero-order valence-corrected chi connectivity index (χ0v) is 18.3. The Labute approximate surface area is 179 Å². The fourth-order valence-corrected chi connectivity index (χ4v) is 4.01. The van der Waals surface area contributed by atoms with E-state index < -0.39 is 5.60 Å². The summed E-state index contributed by atoms with van der Waals surface area (Å²) in [6, 6.07) is 8.71. The molecule has 6 nitrogen and oxygen atoms in total. The van der Waals surface area contributed by atoms with Gasteiger partial charge in [0.05, 0.1) is 31.1 Å². The van der Waals surface area contributed by atoms with Crippen LogP contribution < -0.4 is 4.90 Å². The smallest absolute Gasteiger partial charge is 0.132 e. The molecule has 1 aromatic carbocycles. The van der Waals surface area contributed by atoms with Crippen molar-refractivity contribution in [2.75, 3.05) is 31.2 Å². The normalized spacial score (nSPS) is 18.1. The molecule has 0 saturated carbocycles. The molecule has 2 heterocycles. The second kappa shape index (κ2) is 8.82. The van der Waals surface area contributed by atoms with E-state index >= 15 is 0 Å². The summed E-state index contributed by atoms with van der Waals surface area (Å²) >= 11 is 0. The van der Waals surface area contributed by atoms with Gasteiger partial charge in [0.2, 0.25) is 0 Å². The fraction of sp³-hybridized carbons (Fsp3) is 0.542. The summed E-state index contributed by atoms with van der Waals surface area (Å²) in [6.07, 6.45) is 3.33. The minimum atomic E-state index is -0.732. The van der Waals surface area contributed by atoms with Gasteiger partial charge in [-0.2, -0.15) is 0 Å². The van der Waals surface area contributed by atoms with E-state index in [4.69, 9.17) is 19.7 Å². The summed E-state index contributed by atoms with van der Waals surface area (Å²) in [5.41, 5.74) is 5.34. The molecule has 0 unspecified atom stereocenters. The molecule has 1 N–H and O–H groups in total. The number of hydrogen-bond donors (Lipinski definition) is 1. The molecule has 2 aromatic rings. The van der Waals surface area contributed by atoms with Crippen molar-refractivity contribution < 1.29 is 9.84 Å². The van der Waals surface area contributed by atoms with E-state index in [9.17, 15) is 5.11 Å². The zero-order chi connectivity index (χ0) is 21.1. The minimum absolute atomic E-state index is 0.554. The van der Waals surface area contributed by atoms with Crippen LogP contribution >= 0.6 is 0 Å². The molecule has 6 heteroatoms. The van der Waals surface area contributed by atoms with Gasteiger partial charge in [0.25, 0.3) is 0 Å². The molecular formula is C24H32N4O2. The number of anilines is 1. The standard InChI is InChI=1S/C24H32N4O2/c1-17-4-5-18-6-7-21(20(18)14-17)25-16-19-15-23(28-10-12-30-13-11-28)27-22(26-19)8-9-24(2,3)29/h4-5,14-15,29H,6-13,16H2,1-3H3. The van der Waals surface area contributed by atoms with Crippen LogP contribution in [0.4, 0.5) is 5.82 Å². The Morgan fingerprint density at radius 2 is 1.93 bits per heavy atom. The number of aromatic nitrogens is 2. The Bertz CT molecular complexity index is 927. The summed E-state index contributed by atoms with van der Waals surface area (Å²) < 4.78 is 5.49. The third-order valence-corrected chi connectivity index (χ3v) is 5.75. The number of aliphatic imine (C=N–C) groups is 1. The van der Waals surface area contributed by atoms with Crippen molar-refractivity contribution in [1.82, 2.24) is 9.97 Å². The van der Waals surface area contributed by atoms with Crippen molar-refractivity contribution in [3.05, 3.63) is 52.5 Å². The van der Waals surface area contributed by atoms with Gasteiger partial charge in [0.15, 0.2) is 0 Å². The van der Waals surface area contributed by atoms with Crippen LogP contribution in [0.25, 0.3) is 0 Å². The van der Waals surface area contributed by atoms with E-state index in [1.54, 1.807) is 0 Å². The molecule has 1 aromatic heterocycles. The lowest BCUT2D eigenvalue weighted by atomic mass is 10.0. The van der Waals surface area contributed by atoms with Crippen LogP contribution in [0.15, 0.2) is 29.3 Å². The Hall–Kier alpha value is -2.31. The molecule has 0 spiro atoms. The van der Waals surface area contributed by atoms with Gasteiger partial charge in [-0.1, -0.05) is 17.7 Å². The summed E-state index contributed by atoms with van der Waals surface area (Å²) in [5, 5.41) is 10.1. The Kier molecular flexibility index (Phi) is 6.16. The van der Waals surface area contributed by atoms with Crippen molar-refractivity contribution in [1.29, 1.82) is 0 Å². The van der Waals surface area contributed by atoms with Gasteiger partial charge in [-0.25, -0.2) is 9.97 Å².